The summed E-state index contributed by atoms with van der Waals surface area (Å²) in [6.07, 6.45) is 1.91. The van der Waals surface area contributed by atoms with Gasteiger partial charge in [0.05, 0.1) is 19.3 Å². The minimum atomic E-state index is 0.0326. The topological polar surface area (TPSA) is 63.0 Å². The van der Waals surface area contributed by atoms with E-state index >= 15 is 0 Å². The van der Waals surface area contributed by atoms with Gasteiger partial charge in [-0.05, 0) is 13.0 Å². The van der Waals surface area contributed by atoms with Crippen molar-refractivity contribution in [2.45, 2.75) is 26.6 Å². The second kappa shape index (κ2) is 5.45. The maximum Gasteiger partial charge on any atom is 0.102 e. The minimum Gasteiger partial charge on any atom is -0.392 e. The van der Waals surface area contributed by atoms with Crippen LogP contribution in [-0.4, -0.2) is 20.1 Å². The first kappa shape index (κ1) is 11.6. The average molecular weight is 232 g/mol. The minimum absolute atomic E-state index is 0.0326. The summed E-state index contributed by atoms with van der Waals surface area (Å²) in [4.78, 5) is 0. The summed E-state index contributed by atoms with van der Waals surface area (Å²) in [5.74, 6) is 0. The number of nitrogens with one attached hydrogen (secondary N) is 1. The molecule has 0 aliphatic rings. The fourth-order valence-corrected chi connectivity index (χ4v) is 1.59. The molecule has 2 N–H and O–H groups in total. The van der Waals surface area contributed by atoms with Gasteiger partial charge in [0, 0.05) is 17.8 Å². The SMILES string of the molecule is CCn1cc(CNc2ccccc2CO)nn1. The summed E-state index contributed by atoms with van der Waals surface area (Å²) in [5.41, 5.74) is 2.70. The normalized spacial score (nSPS) is 10.5. The fourth-order valence-electron chi connectivity index (χ4n) is 1.59. The molecule has 2 aromatic rings. The number of nitrogens with zero attached hydrogens (tertiary/aromatic N) is 3. The van der Waals surface area contributed by atoms with Gasteiger partial charge in [0.15, 0.2) is 0 Å². The molecule has 0 spiro atoms. The van der Waals surface area contributed by atoms with E-state index in [0.29, 0.717) is 6.54 Å². The van der Waals surface area contributed by atoms with Crippen LogP contribution in [-0.2, 0) is 19.7 Å². The van der Waals surface area contributed by atoms with Gasteiger partial charge in [-0.3, -0.25) is 4.68 Å². The number of hydrogen-bond donors (Lipinski definition) is 2. The molecular formula is C12H16N4O. The van der Waals surface area contributed by atoms with E-state index in [1.165, 1.54) is 0 Å². The highest BCUT2D eigenvalue weighted by Gasteiger charge is 2.02. The van der Waals surface area contributed by atoms with Crippen molar-refractivity contribution >= 4 is 5.69 Å². The van der Waals surface area contributed by atoms with Crippen LogP contribution in [0.15, 0.2) is 30.5 Å². The molecule has 0 aliphatic heterocycles. The van der Waals surface area contributed by atoms with Crippen LogP contribution in [0.5, 0.6) is 0 Å². The predicted octanol–water partition coefficient (Wildman–Crippen LogP) is 1.40. The van der Waals surface area contributed by atoms with E-state index in [4.69, 9.17) is 0 Å². The van der Waals surface area contributed by atoms with Crippen molar-refractivity contribution < 1.29 is 5.11 Å². The van der Waals surface area contributed by atoms with Crippen molar-refractivity contribution in [3.8, 4) is 0 Å². The Balaban J connectivity index is 2.01. The first-order valence-electron chi connectivity index (χ1n) is 5.65. The van der Waals surface area contributed by atoms with E-state index in [1.807, 2.05) is 37.4 Å². The lowest BCUT2D eigenvalue weighted by molar-refractivity contribution is 0.282. The Labute approximate surface area is 100 Å². The maximum atomic E-state index is 9.19. The molecule has 0 atom stereocenters. The number of benzene rings is 1. The van der Waals surface area contributed by atoms with Gasteiger partial charge in [-0.25, -0.2) is 0 Å². The van der Waals surface area contributed by atoms with E-state index in [2.05, 4.69) is 15.6 Å². The van der Waals surface area contributed by atoms with Crippen molar-refractivity contribution in [2.75, 3.05) is 5.32 Å². The number of anilines is 1. The zero-order valence-electron chi connectivity index (χ0n) is 9.80. The van der Waals surface area contributed by atoms with Crippen molar-refractivity contribution in [3.63, 3.8) is 0 Å². The average Bonchev–Trinajstić information content (AvgIpc) is 2.84. The molecule has 1 heterocycles. The molecule has 5 heteroatoms. The molecule has 0 aliphatic carbocycles. The van der Waals surface area contributed by atoms with Crippen molar-refractivity contribution in [3.05, 3.63) is 41.7 Å². The van der Waals surface area contributed by atoms with E-state index in [-0.39, 0.29) is 6.61 Å². The van der Waals surface area contributed by atoms with Crippen molar-refractivity contribution in [1.82, 2.24) is 15.0 Å². The largest absolute Gasteiger partial charge is 0.392 e. The molecule has 17 heavy (non-hydrogen) atoms. The molecule has 1 aromatic carbocycles. The van der Waals surface area contributed by atoms with E-state index in [1.54, 1.807) is 4.68 Å². The number of aliphatic hydroxyl groups is 1. The van der Waals surface area contributed by atoms with Crippen LogP contribution in [0.25, 0.3) is 0 Å². The quantitative estimate of drug-likeness (QED) is 0.818. The summed E-state index contributed by atoms with van der Waals surface area (Å²) in [7, 11) is 0. The Morgan fingerprint density at radius 3 is 2.88 bits per heavy atom. The maximum absolute atomic E-state index is 9.19. The van der Waals surface area contributed by atoms with E-state index in [9.17, 15) is 5.11 Å². The number of aromatic nitrogens is 3. The summed E-state index contributed by atoms with van der Waals surface area (Å²) >= 11 is 0. The van der Waals surface area contributed by atoms with Crippen LogP contribution < -0.4 is 5.32 Å². The zero-order chi connectivity index (χ0) is 12.1. The Kier molecular flexibility index (Phi) is 3.72. The summed E-state index contributed by atoms with van der Waals surface area (Å²) in [5, 5.41) is 20.4. The van der Waals surface area contributed by atoms with Gasteiger partial charge in [-0.2, -0.15) is 0 Å². The van der Waals surface area contributed by atoms with Gasteiger partial charge in [0.2, 0.25) is 0 Å². The Hall–Kier alpha value is -1.88. The standard InChI is InChI=1S/C12H16N4O/c1-2-16-8-11(14-15-16)7-13-12-6-4-3-5-10(12)9-17/h3-6,8,13,17H,2,7,9H2,1H3. The van der Waals surface area contributed by atoms with Crippen LogP contribution in [0.4, 0.5) is 5.69 Å². The van der Waals surface area contributed by atoms with E-state index in [0.717, 1.165) is 23.5 Å². The molecule has 1 aromatic heterocycles. The highest BCUT2D eigenvalue weighted by atomic mass is 16.3. The fraction of sp³-hybridized carbons (Fsp3) is 0.333. The predicted molar refractivity (Wildman–Crippen MR) is 65.4 cm³/mol. The van der Waals surface area contributed by atoms with Gasteiger partial charge in [-0.1, -0.05) is 23.4 Å². The van der Waals surface area contributed by atoms with Crippen LogP contribution in [0.1, 0.15) is 18.2 Å². The third-order valence-electron chi connectivity index (χ3n) is 2.56. The number of hydrogen-bond acceptors (Lipinski definition) is 4. The van der Waals surface area contributed by atoms with Gasteiger partial charge < -0.3 is 10.4 Å². The van der Waals surface area contributed by atoms with Gasteiger partial charge in [-0.15, -0.1) is 5.10 Å². The molecule has 5 nitrogen and oxygen atoms in total. The molecule has 0 saturated heterocycles. The van der Waals surface area contributed by atoms with Crippen LogP contribution in [0.3, 0.4) is 0 Å². The summed E-state index contributed by atoms with van der Waals surface area (Å²) in [6, 6.07) is 7.68. The van der Waals surface area contributed by atoms with Crippen LogP contribution >= 0.6 is 0 Å². The summed E-state index contributed by atoms with van der Waals surface area (Å²) < 4.78 is 1.79. The molecule has 90 valence electrons. The first-order chi connectivity index (χ1) is 8.33. The van der Waals surface area contributed by atoms with Crippen molar-refractivity contribution in [1.29, 1.82) is 0 Å². The van der Waals surface area contributed by atoms with Crippen molar-refractivity contribution in [2.24, 2.45) is 0 Å². The molecule has 0 bridgehead atoms. The molecule has 0 unspecified atom stereocenters. The zero-order valence-corrected chi connectivity index (χ0v) is 9.80. The second-order valence-corrected chi connectivity index (χ2v) is 3.73. The highest BCUT2D eigenvalue weighted by Crippen LogP contribution is 2.15. The molecule has 2 rings (SSSR count). The molecule has 0 fully saturated rings. The third kappa shape index (κ3) is 2.82. The Bertz CT molecular complexity index is 481. The van der Waals surface area contributed by atoms with Crippen LogP contribution in [0, 0.1) is 0 Å². The Morgan fingerprint density at radius 2 is 2.18 bits per heavy atom. The van der Waals surface area contributed by atoms with E-state index < -0.39 is 0 Å². The number of aryl methyl sites for hydroxylation is 1. The third-order valence-corrected chi connectivity index (χ3v) is 2.56. The number of rotatable bonds is 5. The highest BCUT2D eigenvalue weighted by molar-refractivity contribution is 5.50. The summed E-state index contributed by atoms with van der Waals surface area (Å²) in [6.45, 7) is 3.48. The number of para-hydroxylation sites is 1. The lowest BCUT2D eigenvalue weighted by atomic mass is 10.2. The van der Waals surface area contributed by atoms with Gasteiger partial charge in [0.25, 0.3) is 0 Å². The van der Waals surface area contributed by atoms with Gasteiger partial charge >= 0.3 is 0 Å². The lowest BCUT2D eigenvalue weighted by Crippen LogP contribution is -2.02. The first-order valence-corrected chi connectivity index (χ1v) is 5.65. The smallest absolute Gasteiger partial charge is 0.102 e. The van der Waals surface area contributed by atoms with Gasteiger partial charge in [0.1, 0.15) is 5.69 Å². The lowest BCUT2D eigenvalue weighted by Gasteiger charge is -2.08. The molecule has 0 radical (unpaired) electrons. The second-order valence-electron chi connectivity index (χ2n) is 3.73. The molecule has 0 amide bonds. The number of aliphatic hydroxyl groups excluding tert-OH is 1. The molecule has 0 saturated carbocycles. The Morgan fingerprint density at radius 1 is 1.35 bits per heavy atom. The monoisotopic (exact) mass is 232 g/mol. The van der Waals surface area contributed by atoms with Crippen LogP contribution in [0.2, 0.25) is 0 Å². The molecular weight excluding hydrogens is 216 g/mol.